The molecule has 1 aromatic heterocycles. The second-order valence-electron chi connectivity index (χ2n) is 11.5. The highest BCUT2D eigenvalue weighted by Gasteiger charge is 2.44. The predicted molar refractivity (Wildman–Crippen MR) is 142 cm³/mol. The molecule has 1 saturated heterocycles. The number of pyridine rings is 1. The smallest absolute Gasteiger partial charge is 0.415 e. The van der Waals surface area contributed by atoms with Crippen LogP contribution in [0.1, 0.15) is 33.6 Å². The van der Waals surface area contributed by atoms with Gasteiger partial charge >= 0.3 is 12.2 Å². The van der Waals surface area contributed by atoms with E-state index in [2.05, 4.69) is 29.1 Å². The van der Waals surface area contributed by atoms with Crippen LogP contribution in [0.4, 0.5) is 21.2 Å². The number of rotatable bonds is 8. The van der Waals surface area contributed by atoms with E-state index in [1.165, 1.54) is 9.80 Å². The molecule has 2 aliphatic heterocycles. The number of hydrogen-bond acceptors (Lipinski definition) is 8. The molecule has 12 heteroatoms. The molecule has 206 valence electrons. The summed E-state index contributed by atoms with van der Waals surface area (Å²) in [6, 6.07) is 3.39. The molecule has 0 radical (unpaired) electrons. The van der Waals surface area contributed by atoms with Crippen molar-refractivity contribution in [2.75, 3.05) is 60.8 Å². The van der Waals surface area contributed by atoms with Crippen molar-refractivity contribution < 1.29 is 33.3 Å². The number of carbonyl (C=O) groups excluding carboxylic acids is 3. The van der Waals surface area contributed by atoms with Crippen LogP contribution in [0.25, 0.3) is 0 Å². The Hall–Kier alpha value is -2.73. The van der Waals surface area contributed by atoms with E-state index < -0.39 is 27.8 Å². The van der Waals surface area contributed by atoms with Crippen molar-refractivity contribution in [2.45, 2.75) is 51.4 Å². The number of nitrogens with one attached hydrogen (secondary N) is 1. The second kappa shape index (κ2) is 10.6. The van der Waals surface area contributed by atoms with Gasteiger partial charge in [0.1, 0.15) is 24.3 Å². The molecule has 1 atom stereocenters. The normalized spacial score (nSPS) is 24.1. The van der Waals surface area contributed by atoms with E-state index in [-0.39, 0.29) is 37.3 Å². The third-order valence-electron chi connectivity index (χ3n) is 6.33. The molecule has 0 spiro atoms. The maximum Gasteiger partial charge on any atom is 0.415 e. The zero-order chi connectivity index (χ0) is 27.0. The molecule has 1 unspecified atom stereocenters. The summed E-state index contributed by atoms with van der Waals surface area (Å²) in [5.74, 6) is 2.00. The van der Waals surface area contributed by atoms with Crippen molar-refractivity contribution in [3.8, 4) is 5.75 Å². The van der Waals surface area contributed by atoms with Crippen LogP contribution in [0.15, 0.2) is 12.1 Å². The molecule has 1 saturated carbocycles. The van der Waals surface area contributed by atoms with Gasteiger partial charge in [0.2, 0.25) is 0 Å². The molecule has 1 N–H and O–H groups in total. The Kier molecular flexibility index (Phi) is 7.80. The molecule has 37 heavy (non-hydrogen) atoms. The quantitative estimate of drug-likeness (QED) is 0.502. The van der Waals surface area contributed by atoms with Crippen LogP contribution in [0.2, 0.25) is 0 Å². The predicted octanol–water partition coefficient (Wildman–Crippen LogP) is 3.10. The van der Waals surface area contributed by atoms with Crippen LogP contribution < -0.4 is 19.9 Å². The molecule has 3 amide bonds. The Morgan fingerprint density at radius 2 is 1.95 bits per heavy atom. The van der Waals surface area contributed by atoms with Crippen molar-refractivity contribution in [3.63, 3.8) is 0 Å². The van der Waals surface area contributed by atoms with E-state index in [0.29, 0.717) is 43.4 Å². The van der Waals surface area contributed by atoms with Gasteiger partial charge in [-0.25, -0.2) is 24.6 Å². The maximum absolute atomic E-state index is 12.7. The van der Waals surface area contributed by atoms with E-state index >= 15 is 0 Å². The number of anilines is 2. The van der Waals surface area contributed by atoms with Gasteiger partial charge in [0.15, 0.2) is 18.2 Å². The first-order chi connectivity index (χ1) is 17.3. The van der Waals surface area contributed by atoms with Gasteiger partial charge in [-0.15, -0.1) is 0 Å². The number of hydrogen-bond donors (Lipinski definition) is 1. The van der Waals surface area contributed by atoms with Crippen molar-refractivity contribution in [3.05, 3.63) is 12.1 Å². The Morgan fingerprint density at radius 1 is 1.22 bits per heavy atom. The summed E-state index contributed by atoms with van der Waals surface area (Å²) < 4.78 is 22.3. The molecule has 1 aliphatic carbocycles. The first-order valence-corrected chi connectivity index (χ1v) is 15.5. The van der Waals surface area contributed by atoms with Crippen LogP contribution >= 0.6 is 10.0 Å². The highest BCUT2D eigenvalue weighted by molar-refractivity contribution is 8.32. The number of alkyl carbamates (subject to hydrolysis) is 1. The Bertz CT molecular complexity index is 1030. The van der Waals surface area contributed by atoms with Gasteiger partial charge in [0.05, 0.1) is 13.2 Å². The average molecular weight is 539 g/mol. The molecule has 11 nitrogen and oxygen atoms in total. The highest BCUT2D eigenvalue weighted by atomic mass is 32.3. The lowest BCUT2D eigenvalue weighted by Gasteiger charge is -2.38. The summed E-state index contributed by atoms with van der Waals surface area (Å²) in [5, 5.41) is 2.86. The van der Waals surface area contributed by atoms with Crippen molar-refractivity contribution in [1.82, 2.24) is 10.3 Å². The van der Waals surface area contributed by atoms with Gasteiger partial charge < -0.3 is 24.3 Å². The zero-order valence-corrected chi connectivity index (χ0v) is 23.3. The summed E-state index contributed by atoms with van der Waals surface area (Å²) in [5.41, 5.74) is -0.554. The fourth-order valence-electron chi connectivity index (χ4n) is 4.29. The molecule has 1 aromatic rings. The van der Waals surface area contributed by atoms with Crippen LogP contribution in [-0.4, -0.2) is 91.8 Å². The lowest BCUT2D eigenvalue weighted by Crippen LogP contribution is -2.49. The maximum atomic E-state index is 12.7. The number of fused-ring (bicyclic) bond motifs is 1. The van der Waals surface area contributed by atoms with Crippen LogP contribution in [0.3, 0.4) is 0 Å². The Balaban J connectivity index is 1.35. The monoisotopic (exact) mass is 538 g/mol. The minimum absolute atomic E-state index is 0.00826. The molecule has 2 fully saturated rings. The number of cyclic esters (lactones) is 1. The van der Waals surface area contributed by atoms with Crippen molar-refractivity contribution in [2.24, 2.45) is 5.92 Å². The first kappa shape index (κ1) is 27.3. The Labute approximate surface area is 219 Å². The Morgan fingerprint density at radius 3 is 2.62 bits per heavy atom. The number of ether oxygens (including phenoxy) is 4. The van der Waals surface area contributed by atoms with E-state index in [1.54, 1.807) is 12.1 Å². The van der Waals surface area contributed by atoms with Gasteiger partial charge in [-0.3, -0.25) is 14.6 Å². The molecular formula is C25H38N4O7S. The lowest BCUT2D eigenvalue weighted by atomic mass is 9.76. The van der Waals surface area contributed by atoms with E-state index in [4.69, 9.17) is 18.9 Å². The largest absolute Gasteiger partial charge is 0.480 e. The summed E-state index contributed by atoms with van der Waals surface area (Å²) >= 11 is 0. The lowest BCUT2D eigenvalue weighted by molar-refractivity contribution is -0.122. The van der Waals surface area contributed by atoms with Crippen LogP contribution in [0.5, 0.6) is 5.75 Å². The highest BCUT2D eigenvalue weighted by Crippen LogP contribution is 2.38. The van der Waals surface area contributed by atoms with Crippen molar-refractivity contribution in [1.29, 1.82) is 0 Å². The van der Waals surface area contributed by atoms with Gasteiger partial charge in [0, 0.05) is 17.7 Å². The van der Waals surface area contributed by atoms with E-state index in [0.717, 1.165) is 5.75 Å². The molecule has 0 aromatic carbocycles. The average Bonchev–Trinajstić information content (AvgIpc) is 3.13. The number of amides is 3. The number of aromatic nitrogens is 1. The molecular weight excluding hydrogens is 500 g/mol. The minimum Gasteiger partial charge on any atom is -0.480 e. The second-order valence-corrected chi connectivity index (χ2v) is 16.1. The SMILES string of the molecule is CC(C)(C)OC(=O)NC1CC(C2CN(c3ccc4c(n3)N(COCCS(C)(C)C)C(=O)CO4)C(=O)O2)C1. The fraction of sp³-hybridized carbons (Fsp3) is 0.680. The van der Waals surface area contributed by atoms with Gasteiger partial charge in [-0.1, -0.05) is 0 Å². The fourth-order valence-corrected chi connectivity index (χ4v) is 4.91. The number of nitrogens with zero attached hydrogens (tertiary/aromatic N) is 3. The minimum atomic E-state index is -0.706. The summed E-state index contributed by atoms with van der Waals surface area (Å²) in [6.45, 7) is 6.33. The standard InChI is InChI=1S/C25H38N4O7S/c1-25(2,3)36-23(31)26-17-11-16(12-17)19-13-28(24(32)35-19)20-8-7-18-22(27-20)29(21(30)14-34-18)15-33-9-10-37(4,5)6/h7-8,16-17,19H,9-15H2,1-6H3,(H,26,31). The van der Waals surface area contributed by atoms with Crippen LogP contribution in [-0.2, 0) is 19.0 Å². The van der Waals surface area contributed by atoms with Gasteiger partial charge in [0.25, 0.3) is 5.91 Å². The molecule has 3 aliphatic rings. The molecule has 4 rings (SSSR count). The third kappa shape index (κ3) is 6.98. The van der Waals surface area contributed by atoms with E-state index in [1.807, 2.05) is 20.8 Å². The topological polar surface area (TPSA) is 120 Å². The van der Waals surface area contributed by atoms with Crippen LogP contribution in [0, 0.1) is 5.92 Å². The van der Waals surface area contributed by atoms with Gasteiger partial charge in [-0.2, -0.15) is 0 Å². The first-order valence-electron chi connectivity index (χ1n) is 12.4. The molecule has 0 bridgehead atoms. The van der Waals surface area contributed by atoms with Gasteiger partial charge in [-0.05, 0) is 64.5 Å². The van der Waals surface area contributed by atoms with Crippen molar-refractivity contribution >= 4 is 39.8 Å². The molecule has 3 heterocycles. The zero-order valence-electron chi connectivity index (χ0n) is 22.4. The summed E-state index contributed by atoms with van der Waals surface area (Å²) in [7, 11) is -0.706. The third-order valence-corrected chi connectivity index (χ3v) is 7.72. The van der Waals surface area contributed by atoms with E-state index in [9.17, 15) is 14.4 Å². The number of carbonyl (C=O) groups is 3. The summed E-state index contributed by atoms with van der Waals surface area (Å²) in [4.78, 5) is 44.8. The summed E-state index contributed by atoms with van der Waals surface area (Å²) in [6.07, 6.45) is 6.80.